The summed E-state index contributed by atoms with van der Waals surface area (Å²) in [7, 11) is 0. The van der Waals surface area contributed by atoms with Gasteiger partial charge in [-0.3, -0.25) is 9.89 Å². The van der Waals surface area contributed by atoms with Crippen molar-refractivity contribution in [3.8, 4) is 0 Å². The minimum absolute atomic E-state index is 0. The van der Waals surface area contributed by atoms with Gasteiger partial charge < -0.3 is 10.6 Å². The van der Waals surface area contributed by atoms with Crippen LogP contribution in [0, 0.1) is 5.41 Å². The Morgan fingerprint density at radius 1 is 1.36 bits per heavy atom. The van der Waals surface area contributed by atoms with Gasteiger partial charge in [-0.2, -0.15) is 5.10 Å². The van der Waals surface area contributed by atoms with Gasteiger partial charge in [0, 0.05) is 11.8 Å². The maximum absolute atomic E-state index is 12.3. The van der Waals surface area contributed by atoms with Crippen LogP contribution in [0.1, 0.15) is 55.8 Å². The maximum atomic E-state index is 12.3. The highest BCUT2D eigenvalue weighted by Crippen LogP contribution is 2.21. The van der Waals surface area contributed by atoms with Gasteiger partial charge in [0.05, 0.1) is 12.2 Å². The fourth-order valence-corrected chi connectivity index (χ4v) is 2.90. The number of aromatic amines is 1. The van der Waals surface area contributed by atoms with Crippen molar-refractivity contribution < 1.29 is 4.79 Å². The molecule has 1 saturated heterocycles. The average Bonchev–Trinajstić information content (AvgIpc) is 3.16. The molecule has 138 valence electrons. The van der Waals surface area contributed by atoms with Gasteiger partial charge in [-0.15, -0.1) is 17.5 Å². The van der Waals surface area contributed by atoms with Crippen LogP contribution in [0.4, 0.5) is 5.82 Å². The SMILES string of the molecule is CC(C)(C)Cc1cc(NC(=O)c2cn(C3CCNCC3)nn2)n[nH]1.Cl. The molecule has 0 atom stereocenters. The summed E-state index contributed by atoms with van der Waals surface area (Å²) in [5.41, 5.74) is 1.47. The van der Waals surface area contributed by atoms with Crippen molar-refractivity contribution in [1.29, 1.82) is 0 Å². The van der Waals surface area contributed by atoms with Crippen LogP contribution in [0.5, 0.6) is 0 Å². The Kier molecular flexibility index (Phi) is 6.18. The predicted molar refractivity (Wildman–Crippen MR) is 98.1 cm³/mol. The third-order valence-corrected chi connectivity index (χ3v) is 4.02. The molecule has 0 aliphatic carbocycles. The van der Waals surface area contributed by atoms with Crippen molar-refractivity contribution in [1.82, 2.24) is 30.5 Å². The Morgan fingerprint density at radius 2 is 2.08 bits per heavy atom. The third-order valence-electron chi connectivity index (χ3n) is 4.02. The summed E-state index contributed by atoms with van der Waals surface area (Å²) in [5, 5.41) is 21.3. The summed E-state index contributed by atoms with van der Waals surface area (Å²) >= 11 is 0. The van der Waals surface area contributed by atoms with E-state index in [1.54, 1.807) is 10.9 Å². The van der Waals surface area contributed by atoms with Crippen LogP contribution >= 0.6 is 12.4 Å². The van der Waals surface area contributed by atoms with Crippen molar-refractivity contribution in [2.24, 2.45) is 5.41 Å². The van der Waals surface area contributed by atoms with E-state index >= 15 is 0 Å². The molecule has 3 heterocycles. The number of rotatable bonds is 4. The second kappa shape index (κ2) is 7.97. The zero-order valence-corrected chi connectivity index (χ0v) is 15.7. The van der Waals surface area contributed by atoms with E-state index in [1.807, 2.05) is 6.07 Å². The van der Waals surface area contributed by atoms with E-state index in [-0.39, 0.29) is 23.7 Å². The molecule has 25 heavy (non-hydrogen) atoms. The highest BCUT2D eigenvalue weighted by Gasteiger charge is 2.19. The molecular weight excluding hydrogens is 342 g/mol. The molecule has 0 spiro atoms. The Hall–Kier alpha value is -1.93. The lowest BCUT2D eigenvalue weighted by atomic mass is 9.91. The molecule has 3 rings (SSSR count). The summed E-state index contributed by atoms with van der Waals surface area (Å²) < 4.78 is 1.80. The fraction of sp³-hybridized carbons (Fsp3) is 0.625. The largest absolute Gasteiger partial charge is 0.317 e. The highest BCUT2D eigenvalue weighted by atomic mass is 35.5. The first-order valence-corrected chi connectivity index (χ1v) is 8.39. The van der Waals surface area contributed by atoms with Gasteiger partial charge >= 0.3 is 0 Å². The monoisotopic (exact) mass is 367 g/mol. The number of hydrogen-bond acceptors (Lipinski definition) is 5. The lowest BCUT2D eigenvalue weighted by Crippen LogP contribution is -2.29. The van der Waals surface area contributed by atoms with Crippen molar-refractivity contribution >= 4 is 24.1 Å². The Bertz CT molecular complexity index is 697. The second-order valence-electron chi connectivity index (χ2n) is 7.53. The summed E-state index contributed by atoms with van der Waals surface area (Å²) in [6.45, 7) is 8.41. The van der Waals surface area contributed by atoms with E-state index in [9.17, 15) is 4.79 Å². The van der Waals surface area contributed by atoms with Crippen LogP contribution in [-0.4, -0.2) is 44.2 Å². The summed E-state index contributed by atoms with van der Waals surface area (Å²) in [6, 6.07) is 2.17. The first kappa shape index (κ1) is 19.4. The Balaban J connectivity index is 0.00000225. The van der Waals surface area contributed by atoms with E-state index < -0.39 is 0 Å². The zero-order valence-electron chi connectivity index (χ0n) is 14.9. The summed E-state index contributed by atoms with van der Waals surface area (Å²) in [6.07, 6.45) is 4.58. The number of nitrogens with zero attached hydrogens (tertiary/aromatic N) is 4. The molecule has 9 heteroatoms. The van der Waals surface area contributed by atoms with Gasteiger partial charge in [-0.1, -0.05) is 26.0 Å². The van der Waals surface area contributed by atoms with Crippen molar-refractivity contribution in [2.45, 2.75) is 46.1 Å². The van der Waals surface area contributed by atoms with E-state index in [2.05, 4.69) is 51.9 Å². The number of amides is 1. The molecule has 8 nitrogen and oxygen atoms in total. The van der Waals surface area contributed by atoms with Crippen LogP contribution in [0.15, 0.2) is 12.3 Å². The molecule has 1 aliphatic rings. The van der Waals surface area contributed by atoms with Crippen molar-refractivity contribution in [3.05, 3.63) is 23.7 Å². The molecule has 1 aliphatic heterocycles. The standard InChI is InChI=1S/C16H25N7O.ClH/c1-16(2,3)9-11-8-14(21-19-11)18-15(24)13-10-23(22-20-13)12-4-6-17-7-5-12;/h8,10,12,17H,4-7,9H2,1-3H3,(H2,18,19,21,24);1H. The van der Waals surface area contributed by atoms with Crippen LogP contribution < -0.4 is 10.6 Å². The number of halogens is 1. The van der Waals surface area contributed by atoms with Gasteiger partial charge in [0.2, 0.25) is 0 Å². The molecular formula is C16H26ClN7O. The summed E-state index contributed by atoms with van der Waals surface area (Å²) in [4.78, 5) is 12.3. The molecule has 1 amide bonds. The smallest absolute Gasteiger partial charge is 0.279 e. The van der Waals surface area contributed by atoms with Gasteiger partial charge in [0.25, 0.3) is 5.91 Å². The van der Waals surface area contributed by atoms with Gasteiger partial charge in [0.1, 0.15) is 0 Å². The molecule has 3 N–H and O–H groups in total. The van der Waals surface area contributed by atoms with Gasteiger partial charge in [0.15, 0.2) is 11.5 Å². The number of nitrogens with one attached hydrogen (secondary N) is 3. The molecule has 0 saturated carbocycles. The van der Waals surface area contributed by atoms with Crippen LogP contribution in [0.2, 0.25) is 0 Å². The first-order chi connectivity index (χ1) is 11.4. The third kappa shape index (κ3) is 5.27. The number of carbonyl (C=O) groups excluding carboxylic acids is 1. The minimum Gasteiger partial charge on any atom is -0.317 e. The van der Waals surface area contributed by atoms with Crippen LogP contribution in [-0.2, 0) is 6.42 Å². The molecule has 2 aromatic rings. The maximum Gasteiger partial charge on any atom is 0.279 e. The van der Waals surface area contributed by atoms with E-state index in [1.165, 1.54) is 0 Å². The van der Waals surface area contributed by atoms with E-state index in [0.29, 0.717) is 17.6 Å². The lowest BCUT2D eigenvalue weighted by Gasteiger charge is -2.21. The Labute approximate surface area is 153 Å². The molecule has 0 unspecified atom stereocenters. The topological polar surface area (TPSA) is 101 Å². The minimum atomic E-state index is -0.288. The molecule has 2 aromatic heterocycles. The van der Waals surface area contributed by atoms with Crippen molar-refractivity contribution in [2.75, 3.05) is 18.4 Å². The number of H-pyrrole nitrogens is 1. The number of piperidine rings is 1. The number of anilines is 1. The zero-order chi connectivity index (χ0) is 17.2. The van der Waals surface area contributed by atoms with Gasteiger partial charge in [-0.25, -0.2) is 4.68 Å². The summed E-state index contributed by atoms with van der Waals surface area (Å²) in [5.74, 6) is 0.222. The normalized spacial score (nSPS) is 15.6. The van der Waals surface area contributed by atoms with Crippen LogP contribution in [0.25, 0.3) is 0 Å². The molecule has 0 aromatic carbocycles. The molecule has 0 radical (unpaired) electrons. The molecule has 1 fully saturated rings. The van der Waals surface area contributed by atoms with Crippen molar-refractivity contribution in [3.63, 3.8) is 0 Å². The number of aromatic nitrogens is 5. The average molecular weight is 368 g/mol. The number of carbonyl (C=O) groups is 1. The number of hydrogen-bond donors (Lipinski definition) is 3. The van der Waals surface area contributed by atoms with Gasteiger partial charge in [-0.05, 0) is 37.8 Å². The Morgan fingerprint density at radius 3 is 2.76 bits per heavy atom. The fourth-order valence-electron chi connectivity index (χ4n) is 2.90. The van der Waals surface area contributed by atoms with E-state index in [4.69, 9.17) is 0 Å². The molecule has 0 bridgehead atoms. The highest BCUT2D eigenvalue weighted by molar-refractivity contribution is 6.02. The van der Waals surface area contributed by atoms with Crippen LogP contribution in [0.3, 0.4) is 0 Å². The van der Waals surface area contributed by atoms with E-state index in [0.717, 1.165) is 38.0 Å². The lowest BCUT2D eigenvalue weighted by molar-refractivity contribution is 0.102. The second-order valence-corrected chi connectivity index (χ2v) is 7.53. The predicted octanol–water partition coefficient (Wildman–Crippen LogP) is 2.19. The quantitative estimate of drug-likeness (QED) is 0.769. The first-order valence-electron chi connectivity index (χ1n) is 8.39.